The van der Waals surface area contributed by atoms with E-state index in [0.717, 1.165) is 12.0 Å². The monoisotopic (exact) mass is 285 g/mol. The quantitative estimate of drug-likeness (QED) is 0.849. The highest BCUT2D eigenvalue weighted by molar-refractivity contribution is 5.94. The summed E-state index contributed by atoms with van der Waals surface area (Å²) in [7, 11) is 1.90. The van der Waals surface area contributed by atoms with E-state index in [1.54, 1.807) is 6.07 Å². The van der Waals surface area contributed by atoms with E-state index >= 15 is 0 Å². The summed E-state index contributed by atoms with van der Waals surface area (Å²) in [5.74, 6) is 6.07. The molecule has 1 amide bonds. The van der Waals surface area contributed by atoms with Crippen LogP contribution >= 0.6 is 0 Å². The Hall–Kier alpha value is -1.79. The van der Waals surface area contributed by atoms with Crippen LogP contribution in [0.1, 0.15) is 48.5 Å². The van der Waals surface area contributed by atoms with Gasteiger partial charge in [0.15, 0.2) is 0 Å². The molecule has 0 aromatic heterocycles. The Labute approximate surface area is 127 Å². The van der Waals surface area contributed by atoms with E-state index in [9.17, 15) is 4.79 Å². The fourth-order valence-electron chi connectivity index (χ4n) is 3.10. The number of hydrogen-bond acceptors (Lipinski definition) is 2. The number of hydrogen-bond donors (Lipinski definition) is 1. The molecular weight excluding hydrogens is 262 g/mol. The lowest BCUT2D eigenvalue weighted by atomic mass is 9.85. The Kier molecular flexibility index (Phi) is 5.41. The number of benzene rings is 1. The summed E-state index contributed by atoms with van der Waals surface area (Å²) in [6, 6.07) is 7.65. The van der Waals surface area contributed by atoms with Crippen molar-refractivity contribution < 1.29 is 9.90 Å². The fraction of sp³-hybridized carbons (Fsp3) is 0.500. The normalized spacial score (nSPS) is 21.3. The molecule has 3 heteroatoms. The summed E-state index contributed by atoms with van der Waals surface area (Å²) in [5.41, 5.74) is 1.43. The molecule has 1 aliphatic carbocycles. The SMILES string of the molecule is CC1CCCCC1N(C)C(=O)c1cccc(C#CCO)c1. The summed E-state index contributed by atoms with van der Waals surface area (Å²) in [5, 5.41) is 8.74. The molecule has 112 valence electrons. The van der Waals surface area contributed by atoms with Crippen molar-refractivity contribution in [2.45, 2.75) is 38.6 Å². The number of carbonyl (C=O) groups excluding carboxylic acids is 1. The molecule has 2 atom stereocenters. The molecule has 21 heavy (non-hydrogen) atoms. The van der Waals surface area contributed by atoms with Gasteiger partial charge >= 0.3 is 0 Å². The summed E-state index contributed by atoms with van der Waals surface area (Å²) in [6.07, 6.45) is 4.76. The molecule has 0 radical (unpaired) electrons. The predicted octanol–water partition coefficient (Wildman–Crippen LogP) is 2.68. The van der Waals surface area contributed by atoms with Crippen molar-refractivity contribution in [1.29, 1.82) is 0 Å². The van der Waals surface area contributed by atoms with Crippen LogP contribution in [0.5, 0.6) is 0 Å². The van der Waals surface area contributed by atoms with E-state index in [4.69, 9.17) is 5.11 Å². The maximum Gasteiger partial charge on any atom is 0.253 e. The summed E-state index contributed by atoms with van der Waals surface area (Å²) < 4.78 is 0. The lowest BCUT2D eigenvalue weighted by molar-refractivity contribution is 0.0629. The Morgan fingerprint density at radius 3 is 2.86 bits per heavy atom. The molecule has 3 nitrogen and oxygen atoms in total. The van der Waals surface area contributed by atoms with Crippen LogP contribution in [0, 0.1) is 17.8 Å². The standard InChI is InChI=1S/C18H23NO2/c1-14-7-3-4-11-17(14)19(2)18(21)16-10-5-8-15(13-16)9-6-12-20/h5,8,10,13-14,17,20H,3-4,7,11-12H2,1-2H3. The summed E-state index contributed by atoms with van der Waals surface area (Å²) in [4.78, 5) is 14.5. The average molecular weight is 285 g/mol. The maximum absolute atomic E-state index is 12.6. The van der Waals surface area contributed by atoms with Crippen molar-refractivity contribution in [3.05, 3.63) is 35.4 Å². The third-order valence-electron chi connectivity index (χ3n) is 4.31. The van der Waals surface area contributed by atoms with Crippen LogP contribution in [-0.4, -0.2) is 35.6 Å². The van der Waals surface area contributed by atoms with Crippen molar-refractivity contribution in [3.8, 4) is 11.8 Å². The molecule has 1 saturated carbocycles. The zero-order valence-electron chi connectivity index (χ0n) is 12.8. The molecule has 0 bridgehead atoms. The van der Waals surface area contributed by atoms with Gasteiger partial charge in [0.25, 0.3) is 5.91 Å². The van der Waals surface area contributed by atoms with Crippen molar-refractivity contribution in [2.75, 3.05) is 13.7 Å². The summed E-state index contributed by atoms with van der Waals surface area (Å²) in [6.45, 7) is 2.06. The highest BCUT2D eigenvalue weighted by Crippen LogP contribution is 2.28. The van der Waals surface area contributed by atoms with E-state index in [-0.39, 0.29) is 12.5 Å². The van der Waals surface area contributed by atoms with Gasteiger partial charge in [0.1, 0.15) is 6.61 Å². The minimum Gasteiger partial charge on any atom is -0.384 e. The molecule has 1 N–H and O–H groups in total. The minimum atomic E-state index is -0.169. The summed E-state index contributed by atoms with van der Waals surface area (Å²) >= 11 is 0. The van der Waals surface area contributed by atoms with Crippen molar-refractivity contribution in [1.82, 2.24) is 4.90 Å². The van der Waals surface area contributed by atoms with Crippen LogP contribution in [0.2, 0.25) is 0 Å². The number of rotatable bonds is 2. The van der Waals surface area contributed by atoms with Gasteiger partial charge in [-0.15, -0.1) is 0 Å². The average Bonchev–Trinajstić information content (AvgIpc) is 2.52. The smallest absolute Gasteiger partial charge is 0.253 e. The molecule has 0 saturated heterocycles. The van der Waals surface area contributed by atoms with Gasteiger partial charge in [-0.25, -0.2) is 0 Å². The highest BCUT2D eigenvalue weighted by atomic mass is 16.2. The van der Waals surface area contributed by atoms with Gasteiger partial charge in [-0.2, -0.15) is 0 Å². The number of aliphatic hydroxyl groups excluding tert-OH is 1. The third-order valence-corrected chi connectivity index (χ3v) is 4.31. The van der Waals surface area contributed by atoms with Crippen molar-refractivity contribution >= 4 is 5.91 Å². The largest absolute Gasteiger partial charge is 0.384 e. The van der Waals surface area contributed by atoms with Gasteiger partial charge in [-0.1, -0.05) is 37.7 Å². The molecule has 0 heterocycles. The van der Waals surface area contributed by atoms with Gasteiger partial charge in [-0.05, 0) is 37.0 Å². The number of amides is 1. The second-order valence-electron chi connectivity index (χ2n) is 5.79. The number of nitrogens with zero attached hydrogens (tertiary/aromatic N) is 1. The second kappa shape index (κ2) is 7.28. The van der Waals surface area contributed by atoms with Crippen LogP contribution in [0.25, 0.3) is 0 Å². The van der Waals surface area contributed by atoms with Gasteiger partial charge in [-0.3, -0.25) is 4.79 Å². The van der Waals surface area contributed by atoms with E-state index < -0.39 is 0 Å². The zero-order valence-corrected chi connectivity index (χ0v) is 12.8. The Balaban J connectivity index is 2.15. The van der Waals surface area contributed by atoms with E-state index in [0.29, 0.717) is 17.5 Å². The topological polar surface area (TPSA) is 40.5 Å². The molecular formula is C18H23NO2. The Bertz CT molecular complexity index is 556. The number of aliphatic hydroxyl groups is 1. The first-order chi connectivity index (χ1) is 10.1. The van der Waals surface area contributed by atoms with E-state index in [2.05, 4.69) is 18.8 Å². The highest BCUT2D eigenvalue weighted by Gasteiger charge is 2.28. The van der Waals surface area contributed by atoms with Crippen LogP contribution in [-0.2, 0) is 0 Å². The number of carbonyl (C=O) groups is 1. The molecule has 0 aliphatic heterocycles. The third kappa shape index (κ3) is 3.86. The predicted molar refractivity (Wildman–Crippen MR) is 83.9 cm³/mol. The lowest BCUT2D eigenvalue weighted by Gasteiger charge is -2.36. The first kappa shape index (κ1) is 15.6. The fourth-order valence-corrected chi connectivity index (χ4v) is 3.10. The van der Waals surface area contributed by atoms with Gasteiger partial charge < -0.3 is 10.0 Å². The zero-order chi connectivity index (χ0) is 15.2. The Morgan fingerprint density at radius 2 is 2.14 bits per heavy atom. The van der Waals surface area contributed by atoms with E-state index in [1.807, 2.05) is 30.1 Å². The first-order valence-electron chi connectivity index (χ1n) is 7.60. The van der Waals surface area contributed by atoms with Gasteiger partial charge in [0.05, 0.1) is 0 Å². The van der Waals surface area contributed by atoms with Gasteiger partial charge in [0, 0.05) is 24.2 Å². The molecule has 2 rings (SSSR count). The Morgan fingerprint density at radius 1 is 1.38 bits per heavy atom. The molecule has 2 unspecified atom stereocenters. The molecule has 1 aromatic rings. The van der Waals surface area contributed by atoms with Crippen molar-refractivity contribution in [2.24, 2.45) is 5.92 Å². The van der Waals surface area contributed by atoms with Crippen LogP contribution in [0.3, 0.4) is 0 Å². The minimum absolute atomic E-state index is 0.0569. The van der Waals surface area contributed by atoms with Crippen LogP contribution in [0.4, 0.5) is 0 Å². The first-order valence-corrected chi connectivity index (χ1v) is 7.60. The lowest BCUT2D eigenvalue weighted by Crippen LogP contribution is -2.42. The molecule has 1 fully saturated rings. The molecule has 1 aliphatic rings. The van der Waals surface area contributed by atoms with Crippen LogP contribution in [0.15, 0.2) is 24.3 Å². The van der Waals surface area contributed by atoms with Crippen LogP contribution < -0.4 is 0 Å². The molecule has 0 spiro atoms. The van der Waals surface area contributed by atoms with Gasteiger partial charge in [0.2, 0.25) is 0 Å². The van der Waals surface area contributed by atoms with Crippen molar-refractivity contribution in [3.63, 3.8) is 0 Å². The second-order valence-corrected chi connectivity index (χ2v) is 5.79. The van der Waals surface area contributed by atoms with E-state index in [1.165, 1.54) is 19.3 Å². The molecule has 1 aromatic carbocycles. The maximum atomic E-state index is 12.6.